The van der Waals surface area contributed by atoms with Gasteiger partial charge in [0.1, 0.15) is 18.2 Å². The van der Waals surface area contributed by atoms with Crippen LogP contribution in [0.4, 0.5) is 13.2 Å². The lowest BCUT2D eigenvalue weighted by Crippen LogP contribution is -2.33. The topological polar surface area (TPSA) is 71.0 Å². The first kappa shape index (κ1) is 24.5. The van der Waals surface area contributed by atoms with E-state index in [1.807, 2.05) is 24.3 Å². The van der Waals surface area contributed by atoms with Crippen LogP contribution in [0.1, 0.15) is 18.1 Å². The van der Waals surface area contributed by atoms with Crippen LogP contribution >= 0.6 is 0 Å². The Bertz CT molecular complexity index is 992. The van der Waals surface area contributed by atoms with Gasteiger partial charge in [-0.05, 0) is 42.5 Å². The molecule has 1 saturated carbocycles. The van der Waals surface area contributed by atoms with Gasteiger partial charge < -0.3 is 19.9 Å². The molecule has 2 aliphatic rings. The molecule has 4 rings (SSSR count). The van der Waals surface area contributed by atoms with Gasteiger partial charge in [0.25, 0.3) is 0 Å². The van der Waals surface area contributed by atoms with Crippen LogP contribution in [0.2, 0.25) is 0 Å². The number of fused-ring (bicyclic) bond motifs is 1. The number of rotatable bonds is 12. The number of halogens is 3. The molecule has 0 radical (unpaired) electrons. The van der Waals surface area contributed by atoms with Gasteiger partial charge in [-0.2, -0.15) is 0 Å². The van der Waals surface area contributed by atoms with Crippen LogP contribution in [0.3, 0.4) is 0 Å². The lowest BCUT2D eigenvalue weighted by Gasteiger charge is -2.20. The smallest absolute Gasteiger partial charge is 0.333 e. The highest BCUT2D eigenvalue weighted by Gasteiger charge is 2.55. The Balaban J connectivity index is 1.14. The fourth-order valence-corrected chi connectivity index (χ4v) is 4.72. The zero-order chi connectivity index (χ0) is 24.2. The van der Waals surface area contributed by atoms with Crippen molar-refractivity contribution in [1.29, 1.82) is 0 Å². The summed E-state index contributed by atoms with van der Waals surface area (Å²) in [5.74, 6) is -2.22. The van der Waals surface area contributed by atoms with Gasteiger partial charge in [-0.1, -0.05) is 12.1 Å². The predicted octanol–water partition coefficient (Wildman–Crippen LogP) is 3.23. The van der Waals surface area contributed by atoms with Crippen molar-refractivity contribution in [3.05, 3.63) is 65.0 Å². The zero-order valence-corrected chi connectivity index (χ0v) is 19.0. The molecule has 2 fully saturated rings. The Hall–Kier alpha value is -2.62. The number of likely N-dealkylation sites (tertiary alicyclic amines) is 1. The fourth-order valence-electron chi connectivity index (χ4n) is 4.72. The van der Waals surface area contributed by atoms with Crippen molar-refractivity contribution in [2.24, 2.45) is 11.8 Å². The van der Waals surface area contributed by atoms with Crippen molar-refractivity contribution in [3.63, 3.8) is 0 Å². The molecule has 1 unspecified atom stereocenters. The summed E-state index contributed by atoms with van der Waals surface area (Å²) in [4.78, 5) is 13.3. The first-order valence-electron chi connectivity index (χ1n) is 11.5. The average Bonchev–Trinajstić information content (AvgIpc) is 3.25. The standard InChI is InChI=1S/C25H29F3N2O4/c1-2-33-23(25(31)32)9-15-3-5-17(6-4-15)34-8-7-29-24-18-13-30(14-19(18)24)12-16-10-21(27)22(28)11-20(16)26/h3-6,10-11,18-19,23-24,29H,2,7-9,12-14H2,1H3,(H,31,32)/t18-,19+,23-,24?/m0/s1. The minimum atomic E-state index is -1.17. The number of carbonyl (C=O) groups is 1. The first-order chi connectivity index (χ1) is 16.4. The third-order valence-electron chi connectivity index (χ3n) is 6.49. The van der Waals surface area contributed by atoms with Crippen molar-refractivity contribution >= 4 is 5.97 Å². The summed E-state index contributed by atoms with van der Waals surface area (Å²) in [6.45, 7) is 5.16. The minimum absolute atomic E-state index is 0.181. The molecule has 184 valence electrons. The fraction of sp³-hybridized carbons (Fsp3) is 0.480. The maximum absolute atomic E-state index is 13.9. The molecule has 1 saturated heterocycles. The number of nitrogens with zero attached hydrogens (tertiary/aromatic N) is 1. The SMILES string of the molecule is CCO[C@@H](Cc1ccc(OCCNC2[C@H]3CN(Cc4cc(F)c(F)cc4F)C[C@@H]23)cc1)C(=O)O. The second kappa shape index (κ2) is 10.8. The highest BCUT2D eigenvalue weighted by molar-refractivity contribution is 5.72. The van der Waals surface area contributed by atoms with E-state index in [1.54, 1.807) is 6.92 Å². The van der Waals surface area contributed by atoms with Crippen LogP contribution in [0.15, 0.2) is 36.4 Å². The van der Waals surface area contributed by atoms with Crippen LogP contribution in [0, 0.1) is 29.3 Å². The summed E-state index contributed by atoms with van der Waals surface area (Å²) in [6.07, 6.45) is -0.555. The lowest BCUT2D eigenvalue weighted by molar-refractivity contribution is -0.149. The Morgan fingerprint density at radius 3 is 2.44 bits per heavy atom. The quantitative estimate of drug-likeness (QED) is 0.361. The number of hydrogen-bond donors (Lipinski definition) is 2. The van der Waals surface area contributed by atoms with Gasteiger partial charge >= 0.3 is 5.97 Å². The molecular formula is C25H29F3N2O4. The van der Waals surface area contributed by atoms with Crippen molar-refractivity contribution in [3.8, 4) is 5.75 Å². The second-order valence-corrected chi connectivity index (χ2v) is 8.84. The zero-order valence-electron chi connectivity index (χ0n) is 19.0. The number of hydrogen-bond acceptors (Lipinski definition) is 5. The predicted molar refractivity (Wildman–Crippen MR) is 119 cm³/mol. The molecule has 1 aliphatic carbocycles. The van der Waals surface area contributed by atoms with Crippen LogP contribution < -0.4 is 10.1 Å². The van der Waals surface area contributed by atoms with Crippen LogP contribution in [0.25, 0.3) is 0 Å². The van der Waals surface area contributed by atoms with Crippen LogP contribution in [-0.2, 0) is 22.5 Å². The van der Waals surface area contributed by atoms with Gasteiger partial charge in [0, 0.05) is 56.9 Å². The maximum Gasteiger partial charge on any atom is 0.333 e. The highest BCUT2D eigenvalue weighted by Crippen LogP contribution is 2.45. The maximum atomic E-state index is 13.9. The molecule has 1 aliphatic heterocycles. The van der Waals surface area contributed by atoms with E-state index < -0.39 is 29.5 Å². The number of aliphatic carboxylic acids is 1. The first-order valence-corrected chi connectivity index (χ1v) is 11.5. The van der Waals surface area contributed by atoms with E-state index in [0.29, 0.717) is 55.9 Å². The highest BCUT2D eigenvalue weighted by atomic mass is 19.2. The van der Waals surface area contributed by atoms with Crippen molar-refractivity contribution in [1.82, 2.24) is 10.2 Å². The van der Waals surface area contributed by atoms with E-state index in [2.05, 4.69) is 10.2 Å². The minimum Gasteiger partial charge on any atom is -0.492 e. The Labute approximate surface area is 196 Å². The van der Waals surface area contributed by atoms with Crippen molar-refractivity contribution in [2.45, 2.75) is 32.0 Å². The second-order valence-electron chi connectivity index (χ2n) is 8.84. The van der Waals surface area contributed by atoms with Gasteiger partial charge in [0.05, 0.1) is 0 Å². The van der Waals surface area contributed by atoms with Gasteiger partial charge in [-0.3, -0.25) is 4.90 Å². The average molecular weight is 479 g/mol. The number of ether oxygens (including phenoxy) is 2. The van der Waals surface area contributed by atoms with E-state index in [4.69, 9.17) is 9.47 Å². The normalized spacial score (nSPS) is 22.4. The third kappa shape index (κ3) is 5.89. The van der Waals surface area contributed by atoms with Gasteiger partial charge in [0.2, 0.25) is 0 Å². The summed E-state index contributed by atoms with van der Waals surface area (Å²) in [7, 11) is 0. The molecule has 4 atom stereocenters. The molecule has 2 N–H and O–H groups in total. The Kier molecular flexibility index (Phi) is 7.75. The molecule has 34 heavy (non-hydrogen) atoms. The number of piperidine rings is 1. The van der Waals surface area contributed by atoms with Gasteiger partial charge in [-0.25, -0.2) is 18.0 Å². The lowest BCUT2D eigenvalue weighted by atomic mass is 10.1. The largest absolute Gasteiger partial charge is 0.492 e. The number of benzene rings is 2. The molecule has 0 amide bonds. The Morgan fingerprint density at radius 1 is 1.12 bits per heavy atom. The Morgan fingerprint density at radius 2 is 1.79 bits per heavy atom. The summed E-state index contributed by atoms with van der Waals surface area (Å²) in [5.41, 5.74) is 1.05. The monoisotopic (exact) mass is 478 g/mol. The summed E-state index contributed by atoms with van der Waals surface area (Å²) in [6, 6.07) is 9.26. The molecule has 2 aromatic carbocycles. The number of nitrogens with one attached hydrogen (secondary N) is 1. The van der Waals surface area contributed by atoms with Gasteiger partial charge in [-0.15, -0.1) is 0 Å². The van der Waals surface area contributed by atoms with Gasteiger partial charge in [0.15, 0.2) is 17.7 Å². The van der Waals surface area contributed by atoms with E-state index >= 15 is 0 Å². The molecule has 9 heteroatoms. The van der Waals surface area contributed by atoms with E-state index in [9.17, 15) is 23.1 Å². The summed E-state index contributed by atoms with van der Waals surface area (Å²) >= 11 is 0. The van der Waals surface area contributed by atoms with Crippen molar-refractivity contribution < 1.29 is 32.5 Å². The molecule has 1 heterocycles. The van der Waals surface area contributed by atoms with Crippen LogP contribution in [-0.4, -0.2) is 61.0 Å². The number of carboxylic acids is 1. The molecule has 0 bridgehead atoms. The summed E-state index contributed by atoms with van der Waals surface area (Å²) < 4.78 is 51.4. The van der Waals surface area contributed by atoms with E-state index in [0.717, 1.165) is 24.7 Å². The van der Waals surface area contributed by atoms with E-state index in [1.165, 1.54) is 0 Å². The molecule has 6 nitrogen and oxygen atoms in total. The van der Waals surface area contributed by atoms with E-state index in [-0.39, 0.29) is 12.1 Å². The van der Waals surface area contributed by atoms with Crippen molar-refractivity contribution in [2.75, 3.05) is 32.8 Å². The molecule has 0 aromatic heterocycles. The molecule has 2 aromatic rings. The molecule has 0 spiro atoms. The summed E-state index contributed by atoms with van der Waals surface area (Å²) in [5, 5.41) is 12.7. The van der Waals surface area contributed by atoms with Crippen LogP contribution in [0.5, 0.6) is 5.75 Å². The third-order valence-corrected chi connectivity index (χ3v) is 6.49. The molecular weight excluding hydrogens is 449 g/mol. The number of carboxylic acid groups (broad SMARTS) is 1.